The summed E-state index contributed by atoms with van der Waals surface area (Å²) in [5, 5.41) is 7.83. The van der Waals surface area contributed by atoms with Gasteiger partial charge in [-0.25, -0.2) is 4.68 Å². The molecule has 2 rings (SSSR count). The van der Waals surface area contributed by atoms with Gasteiger partial charge in [-0.2, -0.15) is 8.42 Å². The van der Waals surface area contributed by atoms with Gasteiger partial charge < -0.3 is 0 Å². The summed E-state index contributed by atoms with van der Waals surface area (Å²) in [7, 11) is -3.40. The maximum Gasteiger partial charge on any atom is 0.264 e. The standard InChI is InChI=1S/C12H15N3O3S/c1-19(16,17)18-8-7-12-9-13-14-15(12)10-11-5-3-2-4-6-11/h2-6,9H,7-8,10H2,1H3. The van der Waals surface area contributed by atoms with E-state index < -0.39 is 10.1 Å². The fraction of sp³-hybridized carbons (Fsp3) is 0.333. The molecule has 7 heteroatoms. The Hall–Kier alpha value is -1.73. The molecule has 6 nitrogen and oxygen atoms in total. The maximum atomic E-state index is 10.9. The first-order chi connectivity index (χ1) is 9.04. The summed E-state index contributed by atoms with van der Waals surface area (Å²) in [4.78, 5) is 0. The zero-order chi connectivity index (χ0) is 13.7. The Labute approximate surface area is 112 Å². The highest BCUT2D eigenvalue weighted by Gasteiger charge is 2.07. The van der Waals surface area contributed by atoms with Gasteiger partial charge in [0.15, 0.2) is 0 Å². The number of hydrogen-bond acceptors (Lipinski definition) is 5. The average molecular weight is 281 g/mol. The Morgan fingerprint density at radius 2 is 2.00 bits per heavy atom. The Balaban J connectivity index is 1.98. The first-order valence-electron chi connectivity index (χ1n) is 5.80. The van der Waals surface area contributed by atoms with Crippen LogP contribution in [0.4, 0.5) is 0 Å². The summed E-state index contributed by atoms with van der Waals surface area (Å²) in [6.45, 7) is 0.704. The van der Waals surface area contributed by atoms with E-state index in [2.05, 4.69) is 10.3 Å². The molecular formula is C12H15N3O3S. The normalized spacial score (nSPS) is 11.6. The van der Waals surface area contributed by atoms with Gasteiger partial charge in [-0.1, -0.05) is 35.5 Å². The topological polar surface area (TPSA) is 74.1 Å². The van der Waals surface area contributed by atoms with Crippen molar-refractivity contribution in [3.8, 4) is 0 Å². The Morgan fingerprint density at radius 1 is 1.26 bits per heavy atom. The van der Waals surface area contributed by atoms with Gasteiger partial charge >= 0.3 is 0 Å². The summed E-state index contributed by atoms with van der Waals surface area (Å²) in [6.07, 6.45) is 3.11. The highest BCUT2D eigenvalue weighted by Crippen LogP contribution is 2.05. The predicted octanol–water partition coefficient (Wildman–Crippen LogP) is 0.845. The lowest BCUT2D eigenvalue weighted by Crippen LogP contribution is -2.11. The molecule has 0 aliphatic heterocycles. The molecule has 0 aliphatic rings. The second kappa shape index (κ2) is 5.94. The number of rotatable bonds is 6. The van der Waals surface area contributed by atoms with Crippen LogP contribution in [0.3, 0.4) is 0 Å². The van der Waals surface area contributed by atoms with Crippen molar-refractivity contribution in [3.05, 3.63) is 47.8 Å². The van der Waals surface area contributed by atoms with Gasteiger partial charge in [0.25, 0.3) is 10.1 Å². The van der Waals surface area contributed by atoms with Crippen LogP contribution in [0.25, 0.3) is 0 Å². The molecule has 0 N–H and O–H groups in total. The van der Waals surface area contributed by atoms with E-state index >= 15 is 0 Å². The molecule has 102 valence electrons. The second-order valence-corrected chi connectivity index (χ2v) is 5.79. The van der Waals surface area contributed by atoms with Crippen LogP contribution in [0, 0.1) is 0 Å². The quantitative estimate of drug-likeness (QED) is 0.734. The molecule has 0 unspecified atom stereocenters. The van der Waals surface area contributed by atoms with Crippen molar-refractivity contribution in [3.63, 3.8) is 0 Å². The van der Waals surface area contributed by atoms with E-state index in [0.29, 0.717) is 13.0 Å². The third kappa shape index (κ3) is 4.46. The van der Waals surface area contributed by atoms with Crippen LogP contribution in [0.1, 0.15) is 11.3 Å². The molecule has 0 bridgehead atoms. The van der Waals surface area contributed by atoms with Crippen LogP contribution >= 0.6 is 0 Å². The molecule has 0 amide bonds. The molecule has 0 spiro atoms. The van der Waals surface area contributed by atoms with Crippen molar-refractivity contribution in [2.24, 2.45) is 0 Å². The van der Waals surface area contributed by atoms with Gasteiger partial charge in [0.05, 0.1) is 31.3 Å². The molecule has 19 heavy (non-hydrogen) atoms. The lowest BCUT2D eigenvalue weighted by Gasteiger charge is -2.06. The maximum absolute atomic E-state index is 10.9. The molecule has 2 aromatic rings. The Bertz CT molecular complexity index is 623. The van der Waals surface area contributed by atoms with Crippen LogP contribution in [0.2, 0.25) is 0 Å². The third-order valence-electron chi connectivity index (χ3n) is 2.53. The van der Waals surface area contributed by atoms with Gasteiger partial charge in [-0.05, 0) is 5.56 Å². The second-order valence-electron chi connectivity index (χ2n) is 4.14. The molecule has 0 saturated heterocycles. The zero-order valence-electron chi connectivity index (χ0n) is 10.6. The molecule has 1 heterocycles. The number of nitrogens with zero attached hydrogens (tertiary/aromatic N) is 3. The number of hydrogen-bond donors (Lipinski definition) is 0. The molecule has 1 aromatic heterocycles. The summed E-state index contributed by atoms with van der Waals surface area (Å²) < 4.78 is 28.2. The predicted molar refractivity (Wildman–Crippen MR) is 70.1 cm³/mol. The molecule has 0 saturated carbocycles. The minimum absolute atomic E-state index is 0.0982. The van der Waals surface area contributed by atoms with Gasteiger partial charge in [0.1, 0.15) is 0 Å². The van der Waals surface area contributed by atoms with E-state index in [-0.39, 0.29) is 6.61 Å². The zero-order valence-corrected chi connectivity index (χ0v) is 11.4. The van der Waals surface area contributed by atoms with Crippen LogP contribution in [-0.4, -0.2) is 36.3 Å². The van der Waals surface area contributed by atoms with Gasteiger partial charge in [0, 0.05) is 6.42 Å². The number of aromatic nitrogens is 3. The minimum atomic E-state index is -3.40. The molecule has 0 radical (unpaired) electrons. The van der Waals surface area contributed by atoms with E-state index in [1.165, 1.54) is 0 Å². The van der Waals surface area contributed by atoms with Crippen molar-refractivity contribution < 1.29 is 12.6 Å². The first-order valence-corrected chi connectivity index (χ1v) is 7.62. The van der Waals surface area contributed by atoms with Crippen LogP contribution in [0.15, 0.2) is 36.5 Å². The monoisotopic (exact) mass is 281 g/mol. The fourth-order valence-electron chi connectivity index (χ4n) is 1.66. The lowest BCUT2D eigenvalue weighted by molar-refractivity contribution is 0.322. The summed E-state index contributed by atoms with van der Waals surface area (Å²) >= 11 is 0. The SMILES string of the molecule is CS(=O)(=O)OCCc1cnnn1Cc1ccccc1. The van der Waals surface area contributed by atoms with Gasteiger partial charge in [-0.3, -0.25) is 4.18 Å². The number of benzene rings is 1. The highest BCUT2D eigenvalue weighted by molar-refractivity contribution is 7.85. The summed E-state index contributed by atoms with van der Waals surface area (Å²) in [5.74, 6) is 0. The average Bonchev–Trinajstić information content (AvgIpc) is 2.76. The molecule has 0 fully saturated rings. The van der Waals surface area contributed by atoms with Gasteiger partial charge in [-0.15, -0.1) is 5.10 Å². The van der Waals surface area contributed by atoms with Gasteiger partial charge in [0.2, 0.25) is 0 Å². The highest BCUT2D eigenvalue weighted by atomic mass is 32.2. The fourth-order valence-corrected chi connectivity index (χ4v) is 2.05. The van der Waals surface area contributed by atoms with E-state index in [9.17, 15) is 8.42 Å². The third-order valence-corrected chi connectivity index (χ3v) is 3.12. The largest absolute Gasteiger partial charge is 0.270 e. The molecular weight excluding hydrogens is 266 g/mol. The van der Waals surface area contributed by atoms with Crippen LogP contribution in [0.5, 0.6) is 0 Å². The van der Waals surface area contributed by atoms with Crippen molar-refractivity contribution in [2.75, 3.05) is 12.9 Å². The first kappa shape index (κ1) is 13.7. The molecule has 1 aromatic carbocycles. The van der Waals surface area contributed by atoms with Crippen LogP contribution < -0.4 is 0 Å². The molecule has 0 atom stereocenters. The smallest absolute Gasteiger partial charge is 0.264 e. The summed E-state index contributed by atoms with van der Waals surface area (Å²) in [5.41, 5.74) is 1.95. The van der Waals surface area contributed by atoms with E-state index in [0.717, 1.165) is 17.5 Å². The lowest BCUT2D eigenvalue weighted by atomic mass is 10.2. The summed E-state index contributed by atoms with van der Waals surface area (Å²) in [6, 6.07) is 9.86. The van der Waals surface area contributed by atoms with Crippen LogP contribution in [-0.2, 0) is 27.3 Å². The van der Waals surface area contributed by atoms with Crippen molar-refractivity contribution >= 4 is 10.1 Å². The van der Waals surface area contributed by atoms with Crippen molar-refractivity contribution in [1.29, 1.82) is 0 Å². The Morgan fingerprint density at radius 3 is 2.68 bits per heavy atom. The van der Waals surface area contributed by atoms with E-state index in [1.807, 2.05) is 30.3 Å². The Kier molecular flexibility index (Phi) is 4.28. The molecule has 0 aliphatic carbocycles. The van der Waals surface area contributed by atoms with E-state index in [4.69, 9.17) is 4.18 Å². The minimum Gasteiger partial charge on any atom is -0.270 e. The van der Waals surface area contributed by atoms with Crippen molar-refractivity contribution in [2.45, 2.75) is 13.0 Å². The van der Waals surface area contributed by atoms with E-state index in [1.54, 1.807) is 10.9 Å². The van der Waals surface area contributed by atoms with Crippen molar-refractivity contribution in [1.82, 2.24) is 15.0 Å².